The normalized spacial score (nSPS) is 18.9. The van der Waals surface area contributed by atoms with Crippen molar-refractivity contribution in [2.24, 2.45) is 0 Å². The number of piperazine rings is 1. The molecular weight excluding hydrogens is 350 g/mol. The zero-order chi connectivity index (χ0) is 19.2. The van der Waals surface area contributed by atoms with Crippen molar-refractivity contribution in [1.29, 1.82) is 0 Å². The molecule has 3 heterocycles. The summed E-state index contributed by atoms with van der Waals surface area (Å²) < 4.78 is 1.96. The van der Waals surface area contributed by atoms with Gasteiger partial charge < -0.3 is 14.4 Å². The number of carbonyl (C=O) groups excluding carboxylic acids is 1. The molecule has 0 spiro atoms. The van der Waals surface area contributed by atoms with Crippen LogP contribution in [0.2, 0.25) is 0 Å². The van der Waals surface area contributed by atoms with Gasteiger partial charge in [0.25, 0.3) is 0 Å². The molecule has 2 aromatic rings. The molecule has 1 amide bonds. The molecule has 0 unspecified atom stereocenters. The van der Waals surface area contributed by atoms with Crippen LogP contribution < -0.4 is 0 Å². The van der Waals surface area contributed by atoms with Gasteiger partial charge in [0.2, 0.25) is 5.91 Å². The Morgan fingerprint density at radius 2 is 1.61 bits per heavy atom. The lowest BCUT2D eigenvalue weighted by molar-refractivity contribution is -0.127. The van der Waals surface area contributed by atoms with Crippen LogP contribution in [-0.2, 0) is 4.79 Å². The minimum atomic E-state index is 0.109. The Kier molecular flexibility index (Phi) is 6.19. The molecule has 28 heavy (non-hydrogen) atoms. The first-order valence-corrected chi connectivity index (χ1v) is 10.3. The SMILES string of the molecule is O=C(C=Cc1ccc(-n2ccnc2)cc1)N1CCN(CCN2CCCC2)CC1. The van der Waals surface area contributed by atoms with Gasteiger partial charge in [-0.1, -0.05) is 12.1 Å². The van der Waals surface area contributed by atoms with Crippen molar-refractivity contribution in [3.05, 3.63) is 54.6 Å². The lowest BCUT2D eigenvalue weighted by Gasteiger charge is -2.35. The molecule has 6 nitrogen and oxygen atoms in total. The Morgan fingerprint density at radius 3 is 2.25 bits per heavy atom. The number of likely N-dealkylation sites (tertiary alicyclic amines) is 1. The van der Waals surface area contributed by atoms with Crippen LogP contribution >= 0.6 is 0 Å². The Hall–Kier alpha value is -2.44. The third-order valence-electron chi connectivity index (χ3n) is 5.73. The lowest BCUT2D eigenvalue weighted by atomic mass is 10.2. The van der Waals surface area contributed by atoms with E-state index in [1.165, 1.54) is 32.5 Å². The van der Waals surface area contributed by atoms with E-state index in [-0.39, 0.29) is 5.91 Å². The largest absolute Gasteiger partial charge is 0.337 e. The van der Waals surface area contributed by atoms with Crippen molar-refractivity contribution in [2.75, 3.05) is 52.4 Å². The van der Waals surface area contributed by atoms with E-state index in [2.05, 4.69) is 14.8 Å². The molecule has 2 aliphatic rings. The summed E-state index contributed by atoms with van der Waals surface area (Å²) in [7, 11) is 0. The van der Waals surface area contributed by atoms with Crippen LogP contribution in [0.5, 0.6) is 0 Å². The summed E-state index contributed by atoms with van der Waals surface area (Å²) in [5.74, 6) is 0.109. The summed E-state index contributed by atoms with van der Waals surface area (Å²) in [6.07, 6.45) is 11.8. The third kappa shape index (κ3) is 4.88. The van der Waals surface area contributed by atoms with Gasteiger partial charge in [-0.3, -0.25) is 9.69 Å². The summed E-state index contributed by atoms with van der Waals surface area (Å²) in [5, 5.41) is 0. The van der Waals surface area contributed by atoms with Crippen LogP contribution in [-0.4, -0.2) is 82.5 Å². The fraction of sp³-hybridized carbons (Fsp3) is 0.455. The van der Waals surface area contributed by atoms with Crippen LogP contribution in [0.15, 0.2) is 49.1 Å². The van der Waals surface area contributed by atoms with Crippen molar-refractivity contribution in [3.63, 3.8) is 0 Å². The van der Waals surface area contributed by atoms with Gasteiger partial charge in [0.05, 0.1) is 6.33 Å². The predicted octanol–water partition coefficient (Wildman–Crippen LogP) is 2.13. The third-order valence-corrected chi connectivity index (χ3v) is 5.73. The van der Waals surface area contributed by atoms with Crippen LogP contribution in [0.25, 0.3) is 11.8 Å². The van der Waals surface area contributed by atoms with Crippen LogP contribution in [0.3, 0.4) is 0 Å². The number of nitrogens with zero attached hydrogens (tertiary/aromatic N) is 5. The highest BCUT2D eigenvalue weighted by atomic mass is 16.2. The first-order chi connectivity index (χ1) is 13.8. The maximum atomic E-state index is 12.5. The molecule has 0 atom stereocenters. The van der Waals surface area contributed by atoms with E-state index < -0.39 is 0 Å². The molecule has 4 rings (SSSR count). The molecule has 0 bridgehead atoms. The van der Waals surface area contributed by atoms with E-state index in [1.54, 1.807) is 18.6 Å². The van der Waals surface area contributed by atoms with Crippen molar-refractivity contribution in [3.8, 4) is 5.69 Å². The molecule has 0 aliphatic carbocycles. The summed E-state index contributed by atoms with van der Waals surface area (Å²) in [4.78, 5) is 23.6. The highest BCUT2D eigenvalue weighted by Gasteiger charge is 2.20. The van der Waals surface area contributed by atoms with Crippen LogP contribution in [0, 0.1) is 0 Å². The molecule has 148 valence electrons. The minimum Gasteiger partial charge on any atom is -0.337 e. The molecule has 0 radical (unpaired) electrons. The highest BCUT2D eigenvalue weighted by molar-refractivity contribution is 5.91. The fourth-order valence-corrected chi connectivity index (χ4v) is 3.92. The standard InChI is InChI=1S/C22H29N5O/c28-22(8-5-20-3-6-21(7-4-20)27-12-9-23-19-27)26-17-15-25(16-18-26)14-13-24-10-1-2-11-24/h3-9,12,19H,1-2,10-11,13-18H2. The second kappa shape index (κ2) is 9.17. The maximum absolute atomic E-state index is 12.5. The van der Waals surface area contributed by atoms with Gasteiger partial charge in [0.1, 0.15) is 0 Å². The number of benzene rings is 1. The van der Waals surface area contributed by atoms with E-state index >= 15 is 0 Å². The predicted molar refractivity (Wildman–Crippen MR) is 111 cm³/mol. The molecular formula is C22H29N5O. The molecule has 0 N–H and O–H groups in total. The quantitative estimate of drug-likeness (QED) is 0.722. The number of imidazole rings is 1. The van der Waals surface area contributed by atoms with Gasteiger partial charge in [-0.15, -0.1) is 0 Å². The van der Waals surface area contributed by atoms with Gasteiger partial charge in [0, 0.05) is 63.4 Å². The number of hydrogen-bond acceptors (Lipinski definition) is 4. The maximum Gasteiger partial charge on any atom is 0.246 e. The molecule has 0 saturated carbocycles. The number of hydrogen-bond donors (Lipinski definition) is 0. The molecule has 2 saturated heterocycles. The second-order valence-corrected chi connectivity index (χ2v) is 7.61. The van der Waals surface area contributed by atoms with Gasteiger partial charge in [-0.2, -0.15) is 0 Å². The van der Waals surface area contributed by atoms with E-state index in [4.69, 9.17) is 0 Å². The zero-order valence-corrected chi connectivity index (χ0v) is 16.4. The van der Waals surface area contributed by atoms with Crippen LogP contribution in [0.1, 0.15) is 18.4 Å². The lowest BCUT2D eigenvalue weighted by Crippen LogP contribution is -2.49. The Bertz CT molecular complexity index is 770. The van der Waals surface area contributed by atoms with E-state index in [0.29, 0.717) is 0 Å². The monoisotopic (exact) mass is 379 g/mol. The summed E-state index contributed by atoms with van der Waals surface area (Å²) >= 11 is 0. The number of carbonyl (C=O) groups is 1. The van der Waals surface area contributed by atoms with Gasteiger partial charge in [0.15, 0.2) is 0 Å². The van der Waals surface area contributed by atoms with Crippen molar-refractivity contribution in [1.82, 2.24) is 24.3 Å². The molecule has 2 aliphatic heterocycles. The molecule has 1 aromatic carbocycles. The van der Waals surface area contributed by atoms with Crippen molar-refractivity contribution < 1.29 is 4.79 Å². The fourth-order valence-electron chi connectivity index (χ4n) is 3.92. The summed E-state index contributed by atoms with van der Waals surface area (Å²) in [5.41, 5.74) is 2.09. The first kappa shape index (κ1) is 18.9. The average Bonchev–Trinajstić information content (AvgIpc) is 3.45. The Balaban J connectivity index is 1.22. The average molecular weight is 380 g/mol. The molecule has 6 heteroatoms. The smallest absolute Gasteiger partial charge is 0.246 e. The Labute approximate surface area is 167 Å². The number of rotatable bonds is 6. The minimum absolute atomic E-state index is 0.109. The van der Waals surface area contributed by atoms with Gasteiger partial charge in [-0.25, -0.2) is 4.98 Å². The van der Waals surface area contributed by atoms with Crippen molar-refractivity contribution in [2.45, 2.75) is 12.8 Å². The number of amides is 1. The summed E-state index contributed by atoms with van der Waals surface area (Å²) in [6, 6.07) is 8.11. The Morgan fingerprint density at radius 1 is 0.929 bits per heavy atom. The van der Waals surface area contributed by atoms with Gasteiger partial charge >= 0.3 is 0 Å². The topological polar surface area (TPSA) is 44.6 Å². The van der Waals surface area contributed by atoms with Crippen LogP contribution in [0.4, 0.5) is 0 Å². The zero-order valence-electron chi connectivity index (χ0n) is 16.4. The first-order valence-electron chi connectivity index (χ1n) is 10.3. The van der Waals surface area contributed by atoms with E-state index in [9.17, 15) is 4.79 Å². The van der Waals surface area contributed by atoms with Crippen molar-refractivity contribution >= 4 is 12.0 Å². The molecule has 2 fully saturated rings. The molecule has 1 aromatic heterocycles. The number of aromatic nitrogens is 2. The van der Waals surface area contributed by atoms with E-state index in [1.807, 2.05) is 46.0 Å². The second-order valence-electron chi connectivity index (χ2n) is 7.61. The van der Waals surface area contributed by atoms with Gasteiger partial charge in [-0.05, 0) is 49.7 Å². The highest BCUT2D eigenvalue weighted by Crippen LogP contribution is 2.12. The van der Waals surface area contributed by atoms with E-state index in [0.717, 1.165) is 44.0 Å². The summed E-state index contributed by atoms with van der Waals surface area (Å²) in [6.45, 7) is 8.41.